The molecule has 110 valence electrons. The fourth-order valence-electron chi connectivity index (χ4n) is 2.74. The molecule has 2 rings (SSSR count). The van der Waals surface area contributed by atoms with Crippen molar-refractivity contribution in [1.29, 1.82) is 0 Å². The minimum absolute atomic E-state index is 0.0838. The Hall–Kier alpha value is -1.58. The Bertz CT molecular complexity index is 436. The molecule has 1 aliphatic carbocycles. The van der Waals surface area contributed by atoms with Gasteiger partial charge in [0.2, 0.25) is 0 Å². The summed E-state index contributed by atoms with van der Waals surface area (Å²) in [6.07, 6.45) is 7.70. The summed E-state index contributed by atoms with van der Waals surface area (Å²) in [5.74, 6) is 0.900. The van der Waals surface area contributed by atoms with Crippen molar-refractivity contribution in [2.45, 2.75) is 58.0 Å². The van der Waals surface area contributed by atoms with Gasteiger partial charge in [0.25, 0.3) is 5.91 Å². The van der Waals surface area contributed by atoms with Gasteiger partial charge in [0.15, 0.2) is 0 Å². The fourth-order valence-corrected chi connectivity index (χ4v) is 2.74. The second-order valence-electron chi connectivity index (χ2n) is 5.94. The molecular formula is C16H25N3O. The minimum atomic E-state index is 0.0838. The molecule has 1 amide bonds. The van der Waals surface area contributed by atoms with Gasteiger partial charge in [-0.05, 0) is 38.8 Å². The molecule has 1 N–H and O–H groups in total. The molecule has 0 saturated heterocycles. The van der Waals surface area contributed by atoms with Crippen molar-refractivity contribution in [2.75, 3.05) is 12.4 Å². The van der Waals surface area contributed by atoms with Crippen LogP contribution in [0.25, 0.3) is 0 Å². The van der Waals surface area contributed by atoms with Crippen molar-refractivity contribution in [1.82, 2.24) is 9.88 Å². The third-order valence-corrected chi connectivity index (χ3v) is 3.89. The average molecular weight is 275 g/mol. The van der Waals surface area contributed by atoms with Gasteiger partial charge in [-0.2, -0.15) is 0 Å². The summed E-state index contributed by atoms with van der Waals surface area (Å²) in [4.78, 5) is 18.6. The van der Waals surface area contributed by atoms with Crippen molar-refractivity contribution in [3.05, 3.63) is 23.9 Å². The van der Waals surface area contributed by atoms with E-state index in [1.165, 1.54) is 19.3 Å². The molecule has 20 heavy (non-hydrogen) atoms. The maximum atomic E-state index is 12.4. The summed E-state index contributed by atoms with van der Waals surface area (Å²) in [5.41, 5.74) is 0.673. The first-order chi connectivity index (χ1) is 9.58. The van der Waals surface area contributed by atoms with Crippen molar-refractivity contribution in [3.8, 4) is 0 Å². The zero-order valence-corrected chi connectivity index (χ0v) is 12.7. The fraction of sp³-hybridized carbons (Fsp3) is 0.625. The van der Waals surface area contributed by atoms with Crippen molar-refractivity contribution >= 4 is 11.7 Å². The Balaban J connectivity index is 2.00. The van der Waals surface area contributed by atoms with E-state index in [-0.39, 0.29) is 5.91 Å². The molecule has 1 fully saturated rings. The molecule has 0 unspecified atom stereocenters. The number of pyridine rings is 1. The smallest absolute Gasteiger partial charge is 0.255 e. The monoisotopic (exact) mass is 275 g/mol. The van der Waals surface area contributed by atoms with Crippen molar-refractivity contribution < 1.29 is 4.79 Å². The molecule has 0 bridgehead atoms. The molecule has 1 aromatic rings. The number of rotatable bonds is 4. The minimum Gasteiger partial charge on any atom is -0.368 e. The average Bonchev–Trinajstić information content (AvgIpc) is 2.47. The Morgan fingerprint density at radius 1 is 1.30 bits per heavy atom. The second-order valence-corrected chi connectivity index (χ2v) is 5.94. The van der Waals surface area contributed by atoms with E-state index in [1.807, 2.05) is 24.1 Å². The number of nitrogens with one attached hydrogen (secondary N) is 1. The predicted octanol–water partition coefficient (Wildman–Crippen LogP) is 3.31. The lowest BCUT2D eigenvalue weighted by molar-refractivity contribution is 0.0696. The van der Waals surface area contributed by atoms with Gasteiger partial charge in [-0.25, -0.2) is 4.98 Å². The third-order valence-electron chi connectivity index (χ3n) is 3.89. The van der Waals surface area contributed by atoms with Crippen LogP contribution in [0.4, 0.5) is 5.82 Å². The molecule has 0 aliphatic heterocycles. The van der Waals surface area contributed by atoms with Gasteiger partial charge >= 0.3 is 0 Å². The molecular weight excluding hydrogens is 250 g/mol. The Labute approximate surface area is 121 Å². The van der Waals surface area contributed by atoms with Gasteiger partial charge in [0, 0.05) is 25.3 Å². The van der Waals surface area contributed by atoms with Gasteiger partial charge in [0.1, 0.15) is 5.82 Å². The molecule has 1 heterocycles. The largest absolute Gasteiger partial charge is 0.368 e. The van der Waals surface area contributed by atoms with Gasteiger partial charge in [-0.3, -0.25) is 4.79 Å². The van der Waals surface area contributed by atoms with Crippen LogP contribution < -0.4 is 5.32 Å². The molecule has 0 radical (unpaired) electrons. The number of hydrogen-bond acceptors (Lipinski definition) is 3. The predicted molar refractivity (Wildman–Crippen MR) is 82.0 cm³/mol. The van der Waals surface area contributed by atoms with E-state index < -0.39 is 0 Å². The summed E-state index contributed by atoms with van der Waals surface area (Å²) in [7, 11) is 1.92. The van der Waals surface area contributed by atoms with E-state index in [4.69, 9.17) is 0 Å². The first-order valence-corrected chi connectivity index (χ1v) is 7.57. The first kappa shape index (κ1) is 14.8. The highest BCUT2D eigenvalue weighted by atomic mass is 16.2. The number of aromatic nitrogens is 1. The Kier molecular flexibility index (Phi) is 4.99. The van der Waals surface area contributed by atoms with Crippen LogP contribution in [0, 0.1) is 0 Å². The highest BCUT2D eigenvalue weighted by Crippen LogP contribution is 2.22. The van der Waals surface area contributed by atoms with E-state index in [0.29, 0.717) is 17.6 Å². The number of anilines is 1. The van der Waals surface area contributed by atoms with E-state index in [0.717, 1.165) is 18.7 Å². The van der Waals surface area contributed by atoms with Crippen molar-refractivity contribution in [2.24, 2.45) is 0 Å². The zero-order valence-electron chi connectivity index (χ0n) is 12.7. The summed E-state index contributed by atoms with van der Waals surface area (Å²) >= 11 is 0. The number of nitrogens with zero attached hydrogens (tertiary/aromatic N) is 2. The lowest BCUT2D eigenvalue weighted by Crippen LogP contribution is -2.38. The molecule has 4 nitrogen and oxygen atoms in total. The Morgan fingerprint density at radius 2 is 2.00 bits per heavy atom. The van der Waals surface area contributed by atoms with Crippen LogP contribution in [0.1, 0.15) is 56.3 Å². The third kappa shape index (κ3) is 3.71. The summed E-state index contributed by atoms with van der Waals surface area (Å²) in [5, 5.41) is 3.23. The maximum absolute atomic E-state index is 12.4. The van der Waals surface area contributed by atoms with Crippen LogP contribution in [-0.4, -0.2) is 34.9 Å². The van der Waals surface area contributed by atoms with Crippen LogP contribution in [0.3, 0.4) is 0 Å². The van der Waals surface area contributed by atoms with Gasteiger partial charge in [-0.1, -0.05) is 19.3 Å². The maximum Gasteiger partial charge on any atom is 0.255 e. The molecule has 1 aromatic heterocycles. The lowest BCUT2D eigenvalue weighted by atomic mass is 9.94. The summed E-state index contributed by atoms with van der Waals surface area (Å²) in [6, 6.07) is 4.47. The van der Waals surface area contributed by atoms with Gasteiger partial charge in [-0.15, -0.1) is 0 Å². The van der Waals surface area contributed by atoms with Crippen LogP contribution in [0.5, 0.6) is 0 Å². The lowest BCUT2D eigenvalue weighted by Gasteiger charge is -2.31. The van der Waals surface area contributed by atoms with Crippen LogP contribution in [0.15, 0.2) is 18.3 Å². The molecule has 1 aliphatic rings. The Morgan fingerprint density at radius 3 is 2.55 bits per heavy atom. The quantitative estimate of drug-likeness (QED) is 0.917. The number of carbonyl (C=O) groups excluding carboxylic acids is 1. The molecule has 0 aromatic carbocycles. The first-order valence-electron chi connectivity index (χ1n) is 7.57. The highest BCUT2D eigenvalue weighted by Gasteiger charge is 2.23. The highest BCUT2D eigenvalue weighted by molar-refractivity contribution is 5.94. The van der Waals surface area contributed by atoms with Crippen LogP contribution in [0.2, 0.25) is 0 Å². The van der Waals surface area contributed by atoms with Gasteiger partial charge in [0.05, 0.1) is 5.56 Å². The summed E-state index contributed by atoms with van der Waals surface area (Å²) < 4.78 is 0. The molecule has 0 spiro atoms. The van der Waals surface area contributed by atoms with E-state index >= 15 is 0 Å². The molecule has 0 atom stereocenters. The topological polar surface area (TPSA) is 45.2 Å². The SMILES string of the molecule is CC(C)Nc1ccc(C(=O)N(C)C2CCCCC2)cn1. The van der Waals surface area contributed by atoms with E-state index in [9.17, 15) is 4.79 Å². The van der Waals surface area contributed by atoms with Crippen LogP contribution >= 0.6 is 0 Å². The van der Waals surface area contributed by atoms with Crippen molar-refractivity contribution in [3.63, 3.8) is 0 Å². The second kappa shape index (κ2) is 6.73. The molecule has 1 saturated carbocycles. The van der Waals surface area contributed by atoms with E-state index in [2.05, 4.69) is 24.1 Å². The normalized spacial score (nSPS) is 16.2. The summed E-state index contributed by atoms with van der Waals surface area (Å²) in [6.45, 7) is 4.13. The number of amides is 1. The van der Waals surface area contributed by atoms with Gasteiger partial charge < -0.3 is 10.2 Å². The number of hydrogen-bond donors (Lipinski definition) is 1. The van der Waals surface area contributed by atoms with E-state index in [1.54, 1.807) is 6.20 Å². The van der Waals surface area contributed by atoms with Crippen LogP contribution in [-0.2, 0) is 0 Å². The molecule has 4 heteroatoms. The standard InChI is InChI=1S/C16H25N3O/c1-12(2)18-15-10-9-13(11-17-15)16(20)19(3)14-7-5-4-6-8-14/h9-12,14H,4-8H2,1-3H3,(H,17,18). The number of carbonyl (C=O) groups is 1. The zero-order chi connectivity index (χ0) is 14.5.